The molecule has 2 amide bonds. The molecule has 0 aliphatic heterocycles. The van der Waals surface area contributed by atoms with E-state index in [9.17, 15) is 14.4 Å². The first kappa shape index (κ1) is 24.5. The summed E-state index contributed by atoms with van der Waals surface area (Å²) in [5.74, 6) is -1.38. The number of amides is 2. The fourth-order valence-corrected chi connectivity index (χ4v) is 3.72. The molecule has 33 heavy (non-hydrogen) atoms. The van der Waals surface area contributed by atoms with Crippen molar-refractivity contribution in [3.63, 3.8) is 0 Å². The number of para-hydroxylation sites is 2. The van der Waals surface area contributed by atoms with E-state index in [2.05, 4.69) is 21.2 Å². The van der Waals surface area contributed by atoms with Crippen molar-refractivity contribution < 1.29 is 19.1 Å². The molecule has 0 aliphatic carbocycles. The number of carbonyl (C=O) groups excluding carboxylic acids is 3. The maximum Gasteiger partial charge on any atom is 0.306 e. The van der Waals surface area contributed by atoms with Crippen LogP contribution in [-0.4, -0.2) is 24.4 Å². The molecule has 0 atom stereocenters. The van der Waals surface area contributed by atoms with Crippen molar-refractivity contribution in [2.24, 2.45) is 0 Å². The van der Waals surface area contributed by atoms with Crippen LogP contribution in [0.1, 0.15) is 18.4 Å². The Labute approximate surface area is 205 Å². The third kappa shape index (κ3) is 6.91. The van der Waals surface area contributed by atoms with Gasteiger partial charge in [0.15, 0.2) is 6.61 Å². The van der Waals surface area contributed by atoms with Crippen LogP contribution in [0, 0.1) is 6.92 Å². The molecule has 1 N–H and O–H groups in total. The van der Waals surface area contributed by atoms with Crippen molar-refractivity contribution in [3.8, 4) is 0 Å². The maximum atomic E-state index is 12.9. The third-order valence-corrected chi connectivity index (χ3v) is 5.92. The number of aryl methyl sites for hydroxylation is 1. The number of ether oxygens (including phenoxy) is 1. The number of nitrogens with one attached hydrogen (secondary N) is 1. The molecule has 0 unspecified atom stereocenters. The summed E-state index contributed by atoms with van der Waals surface area (Å²) in [6.45, 7) is 1.36. The number of anilines is 3. The van der Waals surface area contributed by atoms with E-state index in [-0.39, 0.29) is 18.7 Å². The zero-order chi connectivity index (χ0) is 23.8. The molecule has 0 heterocycles. The largest absolute Gasteiger partial charge is 0.456 e. The monoisotopic (exact) mass is 528 g/mol. The number of hydrogen-bond acceptors (Lipinski definition) is 4. The van der Waals surface area contributed by atoms with Gasteiger partial charge >= 0.3 is 5.97 Å². The second kappa shape index (κ2) is 11.6. The summed E-state index contributed by atoms with van der Waals surface area (Å²) in [4.78, 5) is 38.8. The van der Waals surface area contributed by atoms with Crippen molar-refractivity contribution >= 4 is 62.4 Å². The first-order valence-corrected chi connectivity index (χ1v) is 11.4. The lowest BCUT2D eigenvalue weighted by Gasteiger charge is -2.23. The van der Waals surface area contributed by atoms with E-state index in [0.29, 0.717) is 22.1 Å². The number of hydrogen-bond donors (Lipinski definition) is 1. The molecule has 3 rings (SSSR count). The Kier molecular flexibility index (Phi) is 8.63. The van der Waals surface area contributed by atoms with Gasteiger partial charge in [-0.25, -0.2) is 0 Å². The highest BCUT2D eigenvalue weighted by molar-refractivity contribution is 9.10. The van der Waals surface area contributed by atoms with Gasteiger partial charge in [-0.3, -0.25) is 19.3 Å². The van der Waals surface area contributed by atoms with Gasteiger partial charge in [-0.2, -0.15) is 0 Å². The zero-order valence-electron chi connectivity index (χ0n) is 17.9. The SMILES string of the molecule is Cc1cc(Br)c(Cl)cc1NC(=O)COC(=O)CCC(=O)N(c1ccccc1)c1ccccc1. The van der Waals surface area contributed by atoms with E-state index in [1.54, 1.807) is 17.0 Å². The summed E-state index contributed by atoms with van der Waals surface area (Å²) in [5, 5.41) is 3.11. The molecule has 0 bridgehead atoms. The summed E-state index contributed by atoms with van der Waals surface area (Å²) in [6, 6.07) is 21.8. The molecule has 0 spiro atoms. The minimum Gasteiger partial charge on any atom is -0.456 e. The molecule has 8 heteroatoms. The first-order valence-electron chi connectivity index (χ1n) is 10.2. The number of carbonyl (C=O) groups is 3. The van der Waals surface area contributed by atoms with E-state index in [4.69, 9.17) is 16.3 Å². The number of esters is 1. The van der Waals surface area contributed by atoms with Crippen LogP contribution in [0.25, 0.3) is 0 Å². The maximum absolute atomic E-state index is 12.9. The molecular weight excluding hydrogens is 508 g/mol. The molecule has 0 saturated heterocycles. The highest BCUT2D eigenvalue weighted by Crippen LogP contribution is 2.29. The van der Waals surface area contributed by atoms with Gasteiger partial charge < -0.3 is 10.1 Å². The Balaban J connectivity index is 1.54. The molecule has 0 radical (unpaired) electrons. The Hall–Kier alpha value is -3.16. The van der Waals surface area contributed by atoms with Crippen LogP contribution in [0.2, 0.25) is 5.02 Å². The fourth-order valence-electron chi connectivity index (χ4n) is 3.10. The summed E-state index contributed by atoms with van der Waals surface area (Å²) in [7, 11) is 0. The van der Waals surface area contributed by atoms with E-state index in [1.807, 2.05) is 67.6 Å². The lowest BCUT2D eigenvalue weighted by atomic mass is 10.2. The number of nitrogens with zero attached hydrogens (tertiary/aromatic N) is 1. The number of halogens is 2. The number of benzene rings is 3. The quantitative estimate of drug-likeness (QED) is 0.361. The van der Waals surface area contributed by atoms with E-state index >= 15 is 0 Å². The normalized spacial score (nSPS) is 10.4. The van der Waals surface area contributed by atoms with Crippen molar-refractivity contribution in [3.05, 3.63) is 87.9 Å². The first-order chi connectivity index (χ1) is 15.8. The second-order valence-electron chi connectivity index (χ2n) is 7.19. The fraction of sp³-hybridized carbons (Fsp3) is 0.160. The highest BCUT2D eigenvalue weighted by Gasteiger charge is 2.19. The summed E-state index contributed by atoms with van der Waals surface area (Å²) in [6.07, 6.45) is -0.211. The Morgan fingerprint density at radius 1 is 0.939 bits per heavy atom. The van der Waals surface area contributed by atoms with Crippen LogP contribution in [0.3, 0.4) is 0 Å². The average Bonchev–Trinajstić information content (AvgIpc) is 2.81. The Morgan fingerprint density at radius 3 is 2.09 bits per heavy atom. The Morgan fingerprint density at radius 2 is 1.52 bits per heavy atom. The second-order valence-corrected chi connectivity index (χ2v) is 8.45. The molecule has 3 aromatic rings. The van der Waals surface area contributed by atoms with Gasteiger partial charge in [0.25, 0.3) is 5.91 Å². The summed E-state index contributed by atoms with van der Waals surface area (Å²) >= 11 is 9.38. The molecule has 6 nitrogen and oxygen atoms in total. The molecule has 3 aromatic carbocycles. The lowest BCUT2D eigenvalue weighted by molar-refractivity contribution is -0.148. The smallest absolute Gasteiger partial charge is 0.306 e. The van der Waals surface area contributed by atoms with Gasteiger partial charge in [-0.05, 0) is 64.8 Å². The van der Waals surface area contributed by atoms with Crippen LogP contribution in [-0.2, 0) is 19.1 Å². The van der Waals surface area contributed by atoms with Gasteiger partial charge in [0.1, 0.15) is 0 Å². The molecule has 170 valence electrons. The molecular formula is C25H22BrClN2O4. The molecule has 0 aliphatic rings. The lowest BCUT2D eigenvalue weighted by Crippen LogP contribution is -2.27. The van der Waals surface area contributed by atoms with Crippen molar-refractivity contribution in [1.29, 1.82) is 0 Å². The minimum atomic E-state index is -0.634. The topological polar surface area (TPSA) is 75.7 Å². The minimum absolute atomic E-state index is 0.0638. The van der Waals surface area contributed by atoms with Crippen LogP contribution >= 0.6 is 27.5 Å². The van der Waals surface area contributed by atoms with Gasteiger partial charge in [0.2, 0.25) is 5.91 Å². The molecule has 0 saturated carbocycles. The standard InChI is InChI=1S/C25H22BrClN2O4/c1-17-14-20(26)21(27)15-22(17)28-23(30)16-33-25(32)13-12-24(31)29(18-8-4-2-5-9-18)19-10-6-3-7-11-19/h2-11,14-15H,12-13,16H2,1H3,(H,28,30). The van der Waals surface area contributed by atoms with Gasteiger partial charge in [0, 0.05) is 28.0 Å². The third-order valence-electron chi connectivity index (χ3n) is 4.73. The van der Waals surface area contributed by atoms with Crippen molar-refractivity contribution in [2.45, 2.75) is 19.8 Å². The predicted octanol–water partition coefficient (Wildman–Crippen LogP) is 6.04. The van der Waals surface area contributed by atoms with Crippen molar-refractivity contribution in [1.82, 2.24) is 0 Å². The Bertz CT molecular complexity index is 1100. The number of rotatable bonds is 8. The van der Waals surface area contributed by atoms with Crippen LogP contribution in [0.4, 0.5) is 17.1 Å². The predicted molar refractivity (Wildman–Crippen MR) is 133 cm³/mol. The summed E-state index contributed by atoms with van der Waals surface area (Å²) < 4.78 is 5.77. The van der Waals surface area contributed by atoms with Crippen molar-refractivity contribution in [2.75, 3.05) is 16.8 Å². The molecule has 0 fully saturated rings. The zero-order valence-corrected chi connectivity index (χ0v) is 20.2. The van der Waals surface area contributed by atoms with Crippen LogP contribution in [0.15, 0.2) is 77.3 Å². The highest BCUT2D eigenvalue weighted by atomic mass is 79.9. The van der Waals surface area contributed by atoms with Crippen LogP contribution in [0.5, 0.6) is 0 Å². The molecule has 0 aromatic heterocycles. The van der Waals surface area contributed by atoms with Gasteiger partial charge in [-0.15, -0.1) is 0 Å². The van der Waals surface area contributed by atoms with Crippen LogP contribution < -0.4 is 10.2 Å². The van der Waals surface area contributed by atoms with Gasteiger partial charge in [0.05, 0.1) is 11.4 Å². The average molecular weight is 530 g/mol. The van der Waals surface area contributed by atoms with Gasteiger partial charge in [-0.1, -0.05) is 48.0 Å². The van der Waals surface area contributed by atoms with E-state index in [1.165, 1.54) is 0 Å². The van der Waals surface area contributed by atoms with E-state index < -0.39 is 18.5 Å². The summed E-state index contributed by atoms with van der Waals surface area (Å²) in [5.41, 5.74) is 2.73. The van der Waals surface area contributed by atoms with E-state index in [0.717, 1.165) is 10.0 Å².